The number of hydrogen-bond donors (Lipinski definition) is 1. The summed E-state index contributed by atoms with van der Waals surface area (Å²) in [7, 11) is 0. The van der Waals surface area contributed by atoms with Gasteiger partial charge in [-0.15, -0.1) is 38.0 Å². The Morgan fingerprint density at radius 2 is 1.64 bits per heavy atom. The summed E-state index contributed by atoms with van der Waals surface area (Å²) >= 11 is 0. The van der Waals surface area contributed by atoms with Crippen molar-refractivity contribution in [3.63, 3.8) is 0 Å². The molecule has 3 nitrogen and oxygen atoms in total. The highest BCUT2D eigenvalue weighted by molar-refractivity contribution is 5.85. The van der Waals surface area contributed by atoms with Crippen molar-refractivity contribution in [1.29, 1.82) is 0 Å². The minimum atomic E-state index is -4.71. The fraction of sp³-hybridized carbons (Fsp3) is 0.538. The van der Waals surface area contributed by atoms with Gasteiger partial charge in [-0.3, -0.25) is 4.90 Å². The van der Waals surface area contributed by atoms with Gasteiger partial charge in [-0.1, -0.05) is 12.1 Å². The molecule has 0 unspecified atom stereocenters. The van der Waals surface area contributed by atoms with E-state index in [1.807, 2.05) is 4.90 Å². The van der Waals surface area contributed by atoms with Gasteiger partial charge in [0.15, 0.2) is 0 Å². The molecule has 0 aromatic heterocycles. The lowest BCUT2D eigenvalue weighted by molar-refractivity contribution is -0.274. The maximum Gasteiger partial charge on any atom is 0.573 e. The number of alkyl halides is 4. The fourth-order valence-electron chi connectivity index (χ4n) is 2.28. The van der Waals surface area contributed by atoms with E-state index in [9.17, 15) is 17.6 Å². The van der Waals surface area contributed by atoms with Crippen LogP contribution in [0.25, 0.3) is 0 Å². The molecule has 2 rings (SSSR count). The van der Waals surface area contributed by atoms with Crippen molar-refractivity contribution in [2.75, 3.05) is 32.9 Å². The first-order chi connectivity index (χ1) is 9.49. The number of rotatable bonds is 4. The van der Waals surface area contributed by atoms with Crippen LogP contribution < -0.4 is 10.1 Å². The Labute approximate surface area is 138 Å². The largest absolute Gasteiger partial charge is 0.573 e. The molecule has 1 aromatic carbocycles. The third kappa shape index (κ3) is 6.16. The molecule has 0 saturated carbocycles. The molecular formula is C13H18Cl2F4N2O. The number of nitrogens with one attached hydrogen (secondary N) is 1. The van der Waals surface area contributed by atoms with Crippen molar-refractivity contribution in [3.05, 3.63) is 29.8 Å². The van der Waals surface area contributed by atoms with Gasteiger partial charge in [-0.05, 0) is 17.7 Å². The summed E-state index contributed by atoms with van der Waals surface area (Å²) < 4.78 is 53.2. The zero-order valence-electron chi connectivity index (χ0n) is 11.6. The van der Waals surface area contributed by atoms with Gasteiger partial charge >= 0.3 is 6.36 Å². The lowest BCUT2D eigenvalue weighted by Crippen LogP contribution is -2.45. The van der Waals surface area contributed by atoms with E-state index in [1.54, 1.807) is 0 Å². The van der Waals surface area contributed by atoms with Gasteiger partial charge in [-0.2, -0.15) is 0 Å². The van der Waals surface area contributed by atoms with Gasteiger partial charge < -0.3 is 10.1 Å². The number of nitrogens with zero attached hydrogens (tertiary/aromatic N) is 1. The number of hydrogen-bond acceptors (Lipinski definition) is 3. The van der Waals surface area contributed by atoms with Gasteiger partial charge in [0.2, 0.25) is 0 Å². The van der Waals surface area contributed by atoms with Gasteiger partial charge in [0.05, 0.1) is 6.04 Å². The molecule has 1 aromatic rings. The Hall–Kier alpha value is -0.760. The third-order valence-corrected chi connectivity index (χ3v) is 3.24. The third-order valence-electron chi connectivity index (χ3n) is 3.24. The highest BCUT2D eigenvalue weighted by Crippen LogP contribution is 2.27. The first-order valence-corrected chi connectivity index (χ1v) is 6.36. The lowest BCUT2D eigenvalue weighted by Gasteiger charge is -2.33. The van der Waals surface area contributed by atoms with Crippen LogP contribution >= 0.6 is 24.8 Å². The molecule has 1 saturated heterocycles. The Balaban J connectivity index is 0.00000220. The quantitative estimate of drug-likeness (QED) is 0.829. The summed E-state index contributed by atoms with van der Waals surface area (Å²) in [6.07, 6.45) is -4.71. The maximum absolute atomic E-state index is 13.2. The van der Waals surface area contributed by atoms with Crippen molar-refractivity contribution in [2.24, 2.45) is 0 Å². The van der Waals surface area contributed by atoms with E-state index < -0.39 is 19.1 Å². The van der Waals surface area contributed by atoms with E-state index >= 15 is 0 Å². The second-order valence-corrected chi connectivity index (χ2v) is 4.57. The van der Waals surface area contributed by atoms with Crippen LogP contribution in [0.2, 0.25) is 0 Å². The summed E-state index contributed by atoms with van der Waals surface area (Å²) in [5.41, 5.74) is 0.656. The van der Waals surface area contributed by atoms with Crippen molar-refractivity contribution < 1.29 is 22.3 Å². The number of piperazine rings is 1. The molecule has 0 spiro atoms. The van der Waals surface area contributed by atoms with Crippen LogP contribution in [0.4, 0.5) is 17.6 Å². The molecule has 1 heterocycles. The molecule has 1 atom stereocenters. The Bertz CT molecular complexity index is 425. The maximum atomic E-state index is 13.2. The smallest absolute Gasteiger partial charge is 0.406 e. The Morgan fingerprint density at radius 3 is 2.09 bits per heavy atom. The highest BCUT2D eigenvalue weighted by Gasteiger charge is 2.31. The van der Waals surface area contributed by atoms with Gasteiger partial charge in [0.1, 0.15) is 12.4 Å². The summed E-state index contributed by atoms with van der Waals surface area (Å²) in [5, 5.41) is 3.17. The second-order valence-electron chi connectivity index (χ2n) is 4.57. The van der Waals surface area contributed by atoms with Crippen LogP contribution in [0, 0.1) is 0 Å². The molecule has 9 heteroatoms. The van der Waals surface area contributed by atoms with Crippen molar-refractivity contribution >= 4 is 24.8 Å². The fourth-order valence-corrected chi connectivity index (χ4v) is 2.28. The number of benzene rings is 1. The molecule has 0 amide bonds. The van der Waals surface area contributed by atoms with E-state index in [1.165, 1.54) is 24.3 Å². The molecular weight excluding hydrogens is 347 g/mol. The van der Waals surface area contributed by atoms with Crippen LogP contribution in [0.1, 0.15) is 11.6 Å². The van der Waals surface area contributed by atoms with Crippen LogP contribution in [-0.2, 0) is 0 Å². The second kappa shape index (κ2) is 9.39. The summed E-state index contributed by atoms with van der Waals surface area (Å²) in [4.78, 5) is 1.98. The van der Waals surface area contributed by atoms with E-state index in [4.69, 9.17) is 0 Å². The van der Waals surface area contributed by atoms with Crippen LogP contribution in [0.3, 0.4) is 0 Å². The molecule has 0 aliphatic carbocycles. The van der Waals surface area contributed by atoms with Gasteiger partial charge in [-0.25, -0.2) is 4.39 Å². The number of halogens is 6. The monoisotopic (exact) mass is 364 g/mol. The van der Waals surface area contributed by atoms with Crippen LogP contribution in [-0.4, -0.2) is 44.1 Å². The first kappa shape index (κ1) is 21.2. The predicted molar refractivity (Wildman–Crippen MR) is 80.8 cm³/mol. The van der Waals surface area contributed by atoms with E-state index in [0.29, 0.717) is 5.56 Å². The molecule has 22 heavy (non-hydrogen) atoms. The van der Waals surface area contributed by atoms with Crippen LogP contribution in [0.15, 0.2) is 24.3 Å². The zero-order chi connectivity index (χ0) is 14.6. The van der Waals surface area contributed by atoms with E-state index in [2.05, 4.69) is 10.1 Å². The molecule has 0 bridgehead atoms. The van der Waals surface area contributed by atoms with Gasteiger partial charge in [0.25, 0.3) is 0 Å². The molecule has 1 aliphatic rings. The van der Waals surface area contributed by atoms with Crippen molar-refractivity contribution in [1.82, 2.24) is 10.2 Å². The van der Waals surface area contributed by atoms with E-state index in [-0.39, 0.29) is 30.6 Å². The predicted octanol–water partition coefficient (Wildman–Crippen LogP) is 3.34. The van der Waals surface area contributed by atoms with Crippen LogP contribution in [0.5, 0.6) is 5.75 Å². The molecule has 1 aliphatic heterocycles. The minimum absolute atomic E-state index is 0. The Kier molecular flexibility index (Phi) is 9.07. The van der Waals surface area contributed by atoms with Crippen molar-refractivity contribution in [2.45, 2.75) is 12.4 Å². The van der Waals surface area contributed by atoms with Gasteiger partial charge in [0, 0.05) is 26.2 Å². The standard InChI is InChI=1S/C13H16F4N2O.2ClH/c14-9-12(19-7-5-18-6-8-19)10-1-3-11(4-2-10)20-13(15,16)17;;/h1-4,12,18H,5-9H2;2*1H/t12-;;/m1../s1. The van der Waals surface area contributed by atoms with E-state index in [0.717, 1.165) is 26.2 Å². The summed E-state index contributed by atoms with van der Waals surface area (Å²) in [5.74, 6) is -0.292. The molecule has 1 fully saturated rings. The van der Waals surface area contributed by atoms with Crippen molar-refractivity contribution in [3.8, 4) is 5.75 Å². The topological polar surface area (TPSA) is 24.5 Å². The normalized spacial score (nSPS) is 17.1. The summed E-state index contributed by atoms with van der Waals surface area (Å²) in [6.45, 7) is 2.43. The number of ether oxygens (including phenoxy) is 1. The summed E-state index contributed by atoms with van der Waals surface area (Å²) in [6, 6.07) is 4.97. The molecule has 0 radical (unpaired) electrons. The Morgan fingerprint density at radius 1 is 1.09 bits per heavy atom. The average Bonchev–Trinajstić information content (AvgIpc) is 2.41. The average molecular weight is 365 g/mol. The SMILES string of the molecule is Cl.Cl.FC[C@H](c1ccc(OC(F)(F)F)cc1)N1CCNCC1. The highest BCUT2D eigenvalue weighted by atomic mass is 35.5. The first-order valence-electron chi connectivity index (χ1n) is 6.36. The lowest BCUT2D eigenvalue weighted by atomic mass is 10.1. The minimum Gasteiger partial charge on any atom is -0.406 e. The molecule has 128 valence electrons. The molecule has 1 N–H and O–H groups in total. The zero-order valence-corrected chi connectivity index (χ0v) is 13.2.